The minimum Gasteiger partial charge on any atom is -0.493 e. The van der Waals surface area contributed by atoms with Crippen LogP contribution in [0.1, 0.15) is 16.7 Å². The van der Waals surface area contributed by atoms with Crippen LogP contribution in [-0.2, 0) is 17.9 Å². The number of halogens is 1. The number of imide groups is 1. The third-order valence-corrected chi connectivity index (χ3v) is 7.35. The molecule has 0 saturated carbocycles. The molecule has 0 spiro atoms. The van der Waals surface area contributed by atoms with E-state index >= 15 is 0 Å². The Balaban J connectivity index is 1.37. The molecule has 0 aromatic heterocycles. The van der Waals surface area contributed by atoms with Crippen molar-refractivity contribution in [3.63, 3.8) is 0 Å². The Morgan fingerprint density at radius 1 is 0.944 bits per heavy atom. The number of hydrogen-bond acceptors (Lipinski definition) is 5. The molecule has 4 aromatic rings. The molecule has 5 nitrogen and oxygen atoms in total. The predicted octanol–water partition coefficient (Wildman–Crippen LogP) is 7.43. The predicted molar refractivity (Wildman–Crippen MR) is 147 cm³/mol. The van der Waals surface area contributed by atoms with E-state index in [0.717, 1.165) is 39.2 Å². The summed E-state index contributed by atoms with van der Waals surface area (Å²) in [7, 11) is 1.57. The van der Waals surface area contributed by atoms with Gasteiger partial charge in [-0.1, -0.05) is 72.8 Å². The van der Waals surface area contributed by atoms with Gasteiger partial charge in [-0.15, -0.1) is 0 Å². The monoisotopic (exact) mass is 559 g/mol. The number of rotatable bonds is 7. The first-order valence-electron chi connectivity index (χ1n) is 11.3. The van der Waals surface area contributed by atoms with E-state index in [-0.39, 0.29) is 17.7 Å². The van der Waals surface area contributed by atoms with Crippen molar-refractivity contribution in [1.29, 1.82) is 0 Å². The normalized spacial score (nSPS) is 14.6. The molecule has 0 bridgehead atoms. The average Bonchev–Trinajstić information content (AvgIpc) is 3.15. The van der Waals surface area contributed by atoms with E-state index in [9.17, 15) is 9.59 Å². The van der Waals surface area contributed by atoms with Gasteiger partial charge in [0.05, 0.1) is 23.0 Å². The molecule has 0 atom stereocenters. The number of benzene rings is 4. The Morgan fingerprint density at radius 2 is 1.69 bits per heavy atom. The van der Waals surface area contributed by atoms with Crippen molar-refractivity contribution in [2.24, 2.45) is 0 Å². The van der Waals surface area contributed by atoms with E-state index in [4.69, 9.17) is 9.47 Å². The van der Waals surface area contributed by atoms with Gasteiger partial charge >= 0.3 is 0 Å². The van der Waals surface area contributed by atoms with Crippen LogP contribution in [0.25, 0.3) is 16.8 Å². The molecule has 2 amide bonds. The molecule has 4 aromatic carbocycles. The number of hydrogen-bond donors (Lipinski definition) is 0. The lowest BCUT2D eigenvalue weighted by atomic mass is 10.0. The van der Waals surface area contributed by atoms with Crippen molar-refractivity contribution in [3.05, 3.63) is 111 Å². The molecule has 1 heterocycles. The highest BCUT2D eigenvalue weighted by atomic mass is 79.9. The second kappa shape index (κ2) is 10.6. The number of fused-ring (bicyclic) bond motifs is 1. The van der Waals surface area contributed by atoms with E-state index in [2.05, 4.69) is 15.9 Å². The van der Waals surface area contributed by atoms with Crippen LogP contribution in [0.5, 0.6) is 11.5 Å². The number of amides is 2. The number of ether oxygens (including phenoxy) is 2. The van der Waals surface area contributed by atoms with Crippen LogP contribution in [0.15, 0.2) is 94.3 Å². The molecule has 0 aliphatic carbocycles. The van der Waals surface area contributed by atoms with Crippen molar-refractivity contribution >= 4 is 55.7 Å². The molecule has 1 fully saturated rings. The molecule has 36 heavy (non-hydrogen) atoms. The standard InChI is InChI=1S/C29H22BrNO4S/c1-34-25-15-20(14-24(30)27(25)35-18-19-8-3-2-4-9-19)16-26-28(32)31(29(33)36-26)17-22-12-7-11-21-10-5-6-13-23(21)22/h2-16H,17-18H2,1H3/b26-16-. The quantitative estimate of drug-likeness (QED) is 0.220. The Hall–Kier alpha value is -3.55. The van der Waals surface area contributed by atoms with Crippen molar-refractivity contribution in [2.75, 3.05) is 7.11 Å². The number of carbonyl (C=O) groups is 2. The van der Waals surface area contributed by atoms with E-state index in [0.29, 0.717) is 27.5 Å². The lowest BCUT2D eigenvalue weighted by molar-refractivity contribution is -0.123. The first kappa shape index (κ1) is 24.2. The fourth-order valence-electron chi connectivity index (χ4n) is 4.08. The van der Waals surface area contributed by atoms with Gasteiger partial charge in [-0.2, -0.15) is 0 Å². The number of carbonyl (C=O) groups excluding carboxylic acids is 2. The van der Waals surface area contributed by atoms with Crippen LogP contribution in [0, 0.1) is 0 Å². The van der Waals surface area contributed by atoms with E-state index in [1.54, 1.807) is 19.3 Å². The van der Waals surface area contributed by atoms with Gasteiger partial charge in [-0.25, -0.2) is 0 Å². The molecule has 1 aliphatic heterocycles. The van der Waals surface area contributed by atoms with Gasteiger partial charge in [-0.3, -0.25) is 14.5 Å². The van der Waals surface area contributed by atoms with E-state index in [1.165, 1.54) is 4.90 Å². The molecule has 1 saturated heterocycles. The first-order chi connectivity index (χ1) is 17.5. The highest BCUT2D eigenvalue weighted by Crippen LogP contribution is 2.40. The summed E-state index contributed by atoms with van der Waals surface area (Å²) < 4.78 is 12.2. The van der Waals surface area contributed by atoms with Crippen LogP contribution in [0.2, 0.25) is 0 Å². The van der Waals surface area contributed by atoms with Crippen LogP contribution < -0.4 is 9.47 Å². The summed E-state index contributed by atoms with van der Waals surface area (Å²) in [6, 6.07) is 27.4. The minimum absolute atomic E-state index is 0.225. The molecule has 0 unspecified atom stereocenters. The van der Waals surface area contributed by atoms with Crippen molar-refractivity contribution in [2.45, 2.75) is 13.2 Å². The highest BCUT2D eigenvalue weighted by Gasteiger charge is 2.35. The third kappa shape index (κ3) is 5.03. The second-order valence-corrected chi connectivity index (χ2v) is 10.1. The van der Waals surface area contributed by atoms with Gasteiger partial charge in [0.25, 0.3) is 11.1 Å². The summed E-state index contributed by atoms with van der Waals surface area (Å²) in [6.45, 7) is 0.616. The Labute approximate surface area is 221 Å². The van der Waals surface area contributed by atoms with E-state index < -0.39 is 0 Å². The largest absolute Gasteiger partial charge is 0.493 e. The molecule has 1 aliphatic rings. The van der Waals surface area contributed by atoms with Crippen LogP contribution in [0.4, 0.5) is 4.79 Å². The smallest absolute Gasteiger partial charge is 0.293 e. The van der Waals surface area contributed by atoms with Gasteiger partial charge in [0.2, 0.25) is 0 Å². The molecule has 0 radical (unpaired) electrons. The third-order valence-electron chi connectivity index (χ3n) is 5.86. The Morgan fingerprint density at radius 3 is 2.50 bits per heavy atom. The summed E-state index contributed by atoms with van der Waals surface area (Å²) in [4.78, 5) is 27.6. The summed E-state index contributed by atoms with van der Waals surface area (Å²) in [5, 5.41) is 1.82. The maximum atomic E-state index is 13.2. The van der Waals surface area contributed by atoms with Crippen LogP contribution >= 0.6 is 27.7 Å². The summed E-state index contributed by atoms with van der Waals surface area (Å²) in [6.07, 6.45) is 1.71. The van der Waals surface area contributed by atoms with Crippen molar-refractivity contribution in [1.82, 2.24) is 4.90 Å². The number of methoxy groups -OCH3 is 1. The maximum absolute atomic E-state index is 13.2. The van der Waals surface area contributed by atoms with Gasteiger partial charge in [0.15, 0.2) is 11.5 Å². The summed E-state index contributed by atoms with van der Waals surface area (Å²) >= 11 is 4.51. The lowest BCUT2D eigenvalue weighted by Crippen LogP contribution is -2.27. The van der Waals surface area contributed by atoms with Crippen LogP contribution in [-0.4, -0.2) is 23.2 Å². The molecule has 7 heteroatoms. The SMILES string of the molecule is COc1cc(/C=C2\SC(=O)N(Cc3cccc4ccccc34)C2=O)cc(Br)c1OCc1ccccc1. The molecule has 180 valence electrons. The maximum Gasteiger partial charge on any atom is 0.293 e. The average molecular weight is 560 g/mol. The number of thioether (sulfide) groups is 1. The fourth-order valence-corrected chi connectivity index (χ4v) is 5.49. The minimum atomic E-state index is -0.308. The van der Waals surface area contributed by atoms with Crippen molar-refractivity contribution < 1.29 is 19.1 Å². The summed E-state index contributed by atoms with van der Waals surface area (Å²) in [5.41, 5.74) is 2.69. The van der Waals surface area contributed by atoms with Gasteiger partial charge in [0.1, 0.15) is 6.61 Å². The topological polar surface area (TPSA) is 55.8 Å². The molecular weight excluding hydrogens is 538 g/mol. The Bertz CT molecular complexity index is 1480. The fraction of sp³-hybridized carbons (Fsp3) is 0.103. The Kier molecular flexibility index (Phi) is 7.11. The zero-order valence-electron chi connectivity index (χ0n) is 19.4. The van der Waals surface area contributed by atoms with Gasteiger partial charge < -0.3 is 9.47 Å². The molecule has 5 rings (SSSR count). The summed E-state index contributed by atoms with van der Waals surface area (Å²) in [5.74, 6) is 0.793. The van der Waals surface area contributed by atoms with Crippen LogP contribution in [0.3, 0.4) is 0 Å². The van der Waals surface area contributed by atoms with E-state index in [1.807, 2.05) is 78.9 Å². The van der Waals surface area contributed by atoms with Crippen molar-refractivity contribution in [3.8, 4) is 11.5 Å². The highest BCUT2D eigenvalue weighted by molar-refractivity contribution is 9.10. The zero-order chi connectivity index (χ0) is 25.1. The lowest BCUT2D eigenvalue weighted by Gasteiger charge is -2.15. The second-order valence-electron chi connectivity index (χ2n) is 8.21. The van der Waals surface area contributed by atoms with Gasteiger partial charge in [-0.05, 0) is 73.4 Å². The zero-order valence-corrected chi connectivity index (χ0v) is 21.8. The molecule has 0 N–H and O–H groups in total. The van der Waals surface area contributed by atoms with Gasteiger partial charge in [0, 0.05) is 0 Å². The molecular formula is C29H22BrNO4S. The first-order valence-corrected chi connectivity index (χ1v) is 12.9. The number of nitrogens with zero attached hydrogens (tertiary/aromatic N) is 1.